The van der Waals surface area contributed by atoms with E-state index in [0.29, 0.717) is 34.4 Å². The van der Waals surface area contributed by atoms with E-state index in [1.165, 1.54) is 6.07 Å². The Bertz CT molecular complexity index is 1040. The molecule has 0 saturated carbocycles. The standard InChI is InChI=1S/C20H20FN3O2/c1-10-11(2)24-18-13(20(22)25)9-14(21)17(16(10)18)12-5-3-6-15-19(12)26-8-4-7-23-15/h3,5-6,9,23-24H,4,7-8H2,1-2H3,(H2,22,25). The number of fused-ring (bicyclic) bond motifs is 2. The molecule has 0 spiro atoms. The Morgan fingerprint density at radius 3 is 2.88 bits per heavy atom. The monoisotopic (exact) mass is 353 g/mol. The molecule has 1 aliphatic heterocycles. The molecule has 26 heavy (non-hydrogen) atoms. The van der Waals surface area contributed by atoms with Crippen LogP contribution in [-0.4, -0.2) is 24.0 Å². The number of rotatable bonds is 2. The maximum absolute atomic E-state index is 15.2. The first-order valence-electron chi connectivity index (χ1n) is 8.60. The summed E-state index contributed by atoms with van der Waals surface area (Å²) in [5, 5.41) is 3.99. The maximum atomic E-state index is 15.2. The number of aromatic nitrogens is 1. The maximum Gasteiger partial charge on any atom is 0.250 e. The number of benzene rings is 2. The highest BCUT2D eigenvalue weighted by Gasteiger charge is 2.24. The third-order valence-electron chi connectivity index (χ3n) is 4.96. The van der Waals surface area contributed by atoms with E-state index >= 15 is 4.39 Å². The van der Waals surface area contributed by atoms with Gasteiger partial charge in [0.25, 0.3) is 5.91 Å². The van der Waals surface area contributed by atoms with Crippen LogP contribution >= 0.6 is 0 Å². The van der Waals surface area contributed by atoms with Crippen molar-refractivity contribution in [3.8, 4) is 16.9 Å². The third kappa shape index (κ3) is 2.41. The lowest BCUT2D eigenvalue weighted by Crippen LogP contribution is -2.12. The van der Waals surface area contributed by atoms with Gasteiger partial charge in [-0.05, 0) is 38.0 Å². The quantitative estimate of drug-likeness (QED) is 0.654. The van der Waals surface area contributed by atoms with Crippen LogP contribution in [0.25, 0.3) is 22.0 Å². The molecule has 6 heteroatoms. The molecule has 0 atom stereocenters. The fourth-order valence-electron chi connectivity index (χ4n) is 3.58. The van der Waals surface area contributed by atoms with E-state index in [0.717, 1.165) is 29.9 Å². The van der Waals surface area contributed by atoms with Crippen LogP contribution in [0.2, 0.25) is 0 Å². The first-order valence-corrected chi connectivity index (χ1v) is 8.60. The lowest BCUT2D eigenvalue weighted by atomic mass is 9.94. The Morgan fingerprint density at radius 1 is 1.31 bits per heavy atom. The molecule has 2 aromatic carbocycles. The molecule has 4 rings (SSSR count). The van der Waals surface area contributed by atoms with Crippen LogP contribution in [-0.2, 0) is 0 Å². The molecule has 1 amide bonds. The number of carbonyl (C=O) groups excluding carboxylic acids is 1. The van der Waals surface area contributed by atoms with Gasteiger partial charge in [0, 0.05) is 28.8 Å². The molecule has 2 heterocycles. The van der Waals surface area contributed by atoms with E-state index in [2.05, 4.69) is 10.3 Å². The topological polar surface area (TPSA) is 80.1 Å². The fourth-order valence-corrected chi connectivity index (χ4v) is 3.58. The average molecular weight is 353 g/mol. The van der Waals surface area contributed by atoms with Gasteiger partial charge in [0.05, 0.1) is 23.4 Å². The number of aryl methyl sites for hydroxylation is 2. The molecule has 4 N–H and O–H groups in total. The van der Waals surface area contributed by atoms with Gasteiger partial charge >= 0.3 is 0 Å². The Labute approximate surface area is 150 Å². The smallest absolute Gasteiger partial charge is 0.250 e. The number of anilines is 1. The summed E-state index contributed by atoms with van der Waals surface area (Å²) in [6, 6.07) is 6.85. The van der Waals surface area contributed by atoms with Gasteiger partial charge in [-0.15, -0.1) is 0 Å². The Kier molecular flexibility index (Phi) is 3.83. The predicted octanol–water partition coefficient (Wildman–Crippen LogP) is 3.88. The van der Waals surface area contributed by atoms with Crippen LogP contribution in [0.5, 0.6) is 5.75 Å². The summed E-state index contributed by atoms with van der Waals surface area (Å²) in [6.45, 7) is 5.16. The van der Waals surface area contributed by atoms with Crippen LogP contribution in [0, 0.1) is 19.7 Å². The SMILES string of the molecule is Cc1[nH]c2c(C(N)=O)cc(F)c(-c3cccc4c3OCCCN4)c2c1C. The number of halogens is 1. The fraction of sp³-hybridized carbons (Fsp3) is 0.250. The van der Waals surface area contributed by atoms with Gasteiger partial charge in [0.2, 0.25) is 0 Å². The normalized spacial score (nSPS) is 13.7. The lowest BCUT2D eigenvalue weighted by molar-refractivity contribution is 0.100. The molecule has 0 aliphatic carbocycles. The molecular weight excluding hydrogens is 333 g/mol. The van der Waals surface area contributed by atoms with E-state index in [1.807, 2.05) is 32.0 Å². The first kappa shape index (κ1) is 16.4. The minimum atomic E-state index is -0.661. The van der Waals surface area contributed by atoms with E-state index < -0.39 is 11.7 Å². The molecule has 0 radical (unpaired) electrons. The van der Waals surface area contributed by atoms with Crippen molar-refractivity contribution in [2.45, 2.75) is 20.3 Å². The zero-order valence-electron chi connectivity index (χ0n) is 14.7. The van der Waals surface area contributed by atoms with Gasteiger partial charge < -0.3 is 20.8 Å². The zero-order chi connectivity index (χ0) is 18.4. The highest BCUT2D eigenvalue weighted by molar-refractivity contribution is 6.11. The summed E-state index contributed by atoms with van der Waals surface area (Å²) in [4.78, 5) is 15.0. The number of para-hydroxylation sites is 1. The summed E-state index contributed by atoms with van der Waals surface area (Å²) >= 11 is 0. The number of H-pyrrole nitrogens is 1. The number of aromatic amines is 1. The van der Waals surface area contributed by atoms with E-state index in [9.17, 15) is 4.79 Å². The van der Waals surface area contributed by atoms with Crippen molar-refractivity contribution in [3.05, 3.63) is 46.9 Å². The van der Waals surface area contributed by atoms with Gasteiger partial charge in [-0.3, -0.25) is 4.79 Å². The van der Waals surface area contributed by atoms with Gasteiger partial charge in [0.15, 0.2) is 0 Å². The first-order chi connectivity index (χ1) is 12.5. The van der Waals surface area contributed by atoms with Crippen molar-refractivity contribution in [1.82, 2.24) is 4.98 Å². The van der Waals surface area contributed by atoms with Crippen molar-refractivity contribution in [3.63, 3.8) is 0 Å². The number of hydrogen-bond donors (Lipinski definition) is 3. The summed E-state index contributed by atoms with van der Waals surface area (Å²) in [6.07, 6.45) is 0.870. The van der Waals surface area contributed by atoms with E-state index in [-0.39, 0.29) is 5.56 Å². The Morgan fingerprint density at radius 2 is 2.12 bits per heavy atom. The Hall–Kier alpha value is -3.02. The van der Waals surface area contributed by atoms with Crippen LogP contribution in [0.15, 0.2) is 24.3 Å². The van der Waals surface area contributed by atoms with Crippen LogP contribution in [0.4, 0.5) is 10.1 Å². The minimum Gasteiger partial charge on any atom is -0.491 e. The highest BCUT2D eigenvalue weighted by Crippen LogP contribution is 2.44. The number of nitrogens with two attached hydrogens (primary N) is 1. The van der Waals surface area contributed by atoms with E-state index in [4.69, 9.17) is 10.5 Å². The largest absolute Gasteiger partial charge is 0.491 e. The second-order valence-electron chi connectivity index (χ2n) is 6.58. The van der Waals surface area contributed by atoms with Crippen molar-refractivity contribution in [2.75, 3.05) is 18.5 Å². The van der Waals surface area contributed by atoms with Crippen LogP contribution in [0.1, 0.15) is 28.0 Å². The average Bonchev–Trinajstić information content (AvgIpc) is 2.79. The summed E-state index contributed by atoms with van der Waals surface area (Å²) in [5.74, 6) is -0.517. The molecule has 1 aromatic heterocycles. The van der Waals surface area contributed by atoms with Crippen LogP contribution in [0.3, 0.4) is 0 Å². The lowest BCUT2D eigenvalue weighted by Gasteiger charge is -2.16. The molecular formula is C20H20FN3O2. The molecule has 5 nitrogen and oxygen atoms in total. The number of carbonyl (C=O) groups is 1. The van der Waals surface area contributed by atoms with Gasteiger partial charge in [-0.25, -0.2) is 4.39 Å². The molecule has 1 aliphatic rings. The summed E-state index contributed by atoms with van der Waals surface area (Å²) < 4.78 is 21.1. The van der Waals surface area contributed by atoms with Gasteiger partial charge in [-0.2, -0.15) is 0 Å². The minimum absolute atomic E-state index is 0.151. The number of nitrogens with one attached hydrogen (secondary N) is 2. The predicted molar refractivity (Wildman–Crippen MR) is 100 cm³/mol. The third-order valence-corrected chi connectivity index (χ3v) is 4.96. The second kappa shape index (κ2) is 6.05. The van der Waals surface area contributed by atoms with Gasteiger partial charge in [0.1, 0.15) is 11.6 Å². The summed E-state index contributed by atoms with van der Waals surface area (Å²) in [7, 11) is 0. The Balaban J connectivity index is 2.10. The van der Waals surface area contributed by atoms with Crippen molar-refractivity contribution in [2.24, 2.45) is 5.73 Å². The molecule has 0 bridgehead atoms. The summed E-state index contributed by atoms with van der Waals surface area (Å²) in [5.41, 5.74) is 9.87. The number of ether oxygens (including phenoxy) is 1. The van der Waals surface area contributed by atoms with Crippen molar-refractivity contribution in [1.29, 1.82) is 0 Å². The highest BCUT2D eigenvalue weighted by atomic mass is 19.1. The van der Waals surface area contributed by atoms with Crippen molar-refractivity contribution < 1.29 is 13.9 Å². The molecule has 0 fully saturated rings. The second-order valence-corrected chi connectivity index (χ2v) is 6.58. The number of hydrogen-bond acceptors (Lipinski definition) is 3. The van der Waals surface area contributed by atoms with Gasteiger partial charge in [-0.1, -0.05) is 12.1 Å². The number of amides is 1. The molecule has 0 unspecified atom stereocenters. The number of primary amides is 1. The van der Waals surface area contributed by atoms with E-state index in [1.54, 1.807) is 0 Å². The zero-order valence-corrected chi connectivity index (χ0v) is 14.7. The van der Waals surface area contributed by atoms with Crippen molar-refractivity contribution >= 4 is 22.5 Å². The van der Waals surface area contributed by atoms with Crippen LogP contribution < -0.4 is 15.8 Å². The molecule has 0 saturated heterocycles. The molecule has 3 aromatic rings. The molecule has 134 valence electrons.